The zero-order valence-corrected chi connectivity index (χ0v) is 11.3. The monoisotopic (exact) mass is 262 g/mol. The van der Waals surface area contributed by atoms with Gasteiger partial charge in [-0.2, -0.15) is 0 Å². The Balaban J connectivity index is 3.48. The second kappa shape index (κ2) is 4.26. The maximum atomic E-state index is 11.5. The average Bonchev–Trinajstić information content (AvgIpc) is 2.16. The highest BCUT2D eigenvalue weighted by atomic mass is 35.7. The molecular weight excluding hydrogens is 248 g/mol. The molecule has 1 aromatic rings. The molecule has 0 saturated carbocycles. The smallest absolute Gasteiger partial charge is 0.242 e. The van der Waals surface area contributed by atoms with Crippen LogP contribution in [0.15, 0.2) is 18.2 Å². The van der Waals surface area contributed by atoms with Crippen LogP contribution in [0.25, 0.3) is 0 Å². The van der Waals surface area contributed by atoms with Crippen LogP contribution in [0.2, 0.25) is 0 Å². The van der Waals surface area contributed by atoms with E-state index in [0.29, 0.717) is 11.3 Å². The number of rotatable bonds is 3. The molecule has 1 rings (SSSR count). The van der Waals surface area contributed by atoms with Crippen LogP contribution in [-0.4, -0.2) is 15.5 Å². The topological polar surface area (TPSA) is 43.4 Å². The fraction of sp³-hybridized carbons (Fsp3) is 0.455. The number of aryl methyl sites for hydroxylation is 1. The molecule has 0 N–H and O–H groups in total. The summed E-state index contributed by atoms with van der Waals surface area (Å²) in [5, 5.41) is 0. The van der Waals surface area contributed by atoms with E-state index in [4.69, 9.17) is 15.4 Å². The van der Waals surface area contributed by atoms with Crippen LogP contribution in [-0.2, 0) is 13.8 Å². The van der Waals surface area contributed by atoms with E-state index in [1.165, 1.54) is 7.11 Å². The van der Waals surface area contributed by atoms with Crippen molar-refractivity contribution in [3.05, 3.63) is 29.3 Å². The third-order valence-corrected chi connectivity index (χ3v) is 5.21. The SMILES string of the molecule is COc1ccc(C)cc1C(C)(C)S(=O)(=O)Cl. The first-order chi connectivity index (χ1) is 7.20. The molecule has 3 nitrogen and oxygen atoms in total. The molecule has 0 aromatic heterocycles. The van der Waals surface area contributed by atoms with E-state index < -0.39 is 13.8 Å². The second-order valence-electron chi connectivity index (χ2n) is 4.15. The Morgan fingerprint density at radius 1 is 1.31 bits per heavy atom. The predicted octanol–water partition coefficient (Wildman–Crippen LogP) is 2.81. The summed E-state index contributed by atoms with van der Waals surface area (Å²) in [5.41, 5.74) is 1.54. The van der Waals surface area contributed by atoms with Gasteiger partial charge in [-0.3, -0.25) is 0 Å². The van der Waals surface area contributed by atoms with Crippen molar-refractivity contribution >= 4 is 19.7 Å². The van der Waals surface area contributed by atoms with Crippen molar-refractivity contribution < 1.29 is 13.2 Å². The second-order valence-corrected chi connectivity index (χ2v) is 7.27. The van der Waals surface area contributed by atoms with Gasteiger partial charge in [0.1, 0.15) is 10.5 Å². The lowest BCUT2D eigenvalue weighted by Gasteiger charge is -2.24. The fourth-order valence-corrected chi connectivity index (χ4v) is 2.10. The quantitative estimate of drug-likeness (QED) is 0.787. The predicted molar refractivity (Wildman–Crippen MR) is 65.5 cm³/mol. The molecule has 0 unspecified atom stereocenters. The van der Waals surface area contributed by atoms with Gasteiger partial charge in [0.05, 0.1) is 7.11 Å². The molecule has 16 heavy (non-hydrogen) atoms. The number of ether oxygens (including phenoxy) is 1. The van der Waals surface area contributed by atoms with Crippen LogP contribution < -0.4 is 4.74 Å². The summed E-state index contributed by atoms with van der Waals surface area (Å²) < 4.78 is 27.1. The van der Waals surface area contributed by atoms with Gasteiger partial charge < -0.3 is 4.74 Å². The van der Waals surface area contributed by atoms with Crippen molar-refractivity contribution in [3.8, 4) is 5.75 Å². The van der Waals surface area contributed by atoms with E-state index in [1.807, 2.05) is 13.0 Å². The zero-order valence-electron chi connectivity index (χ0n) is 9.74. The van der Waals surface area contributed by atoms with Gasteiger partial charge in [-0.25, -0.2) is 8.42 Å². The molecule has 0 bridgehead atoms. The molecule has 0 radical (unpaired) electrons. The Morgan fingerprint density at radius 3 is 2.31 bits per heavy atom. The van der Waals surface area contributed by atoms with Gasteiger partial charge in [0, 0.05) is 16.2 Å². The van der Waals surface area contributed by atoms with Crippen molar-refractivity contribution in [3.63, 3.8) is 0 Å². The van der Waals surface area contributed by atoms with Crippen molar-refractivity contribution in [2.24, 2.45) is 0 Å². The number of hydrogen-bond donors (Lipinski definition) is 0. The van der Waals surface area contributed by atoms with Gasteiger partial charge in [-0.15, -0.1) is 0 Å². The summed E-state index contributed by atoms with van der Waals surface area (Å²) >= 11 is 0. The van der Waals surface area contributed by atoms with E-state index in [0.717, 1.165) is 5.56 Å². The van der Waals surface area contributed by atoms with Gasteiger partial charge in [0.25, 0.3) is 0 Å². The fourth-order valence-electron chi connectivity index (χ4n) is 1.42. The molecule has 0 amide bonds. The molecule has 0 fully saturated rings. The summed E-state index contributed by atoms with van der Waals surface area (Å²) in [6, 6.07) is 5.38. The summed E-state index contributed by atoms with van der Waals surface area (Å²) in [6.45, 7) is 5.01. The van der Waals surface area contributed by atoms with Crippen molar-refractivity contribution in [2.75, 3.05) is 7.11 Å². The molecule has 0 spiro atoms. The van der Waals surface area contributed by atoms with Crippen molar-refractivity contribution in [2.45, 2.75) is 25.5 Å². The average molecular weight is 263 g/mol. The number of halogens is 1. The number of benzene rings is 1. The summed E-state index contributed by atoms with van der Waals surface area (Å²) in [7, 11) is 3.25. The molecule has 0 aliphatic heterocycles. The summed E-state index contributed by atoms with van der Waals surface area (Å²) in [6.07, 6.45) is 0. The first kappa shape index (κ1) is 13.3. The number of methoxy groups -OCH3 is 1. The van der Waals surface area contributed by atoms with Crippen LogP contribution >= 0.6 is 10.7 Å². The Morgan fingerprint density at radius 2 is 1.88 bits per heavy atom. The minimum Gasteiger partial charge on any atom is -0.496 e. The van der Waals surface area contributed by atoms with Crippen molar-refractivity contribution in [1.29, 1.82) is 0 Å². The lowest BCUT2D eigenvalue weighted by atomic mass is 9.99. The summed E-state index contributed by atoms with van der Waals surface area (Å²) in [5.74, 6) is 0.528. The highest BCUT2D eigenvalue weighted by molar-refractivity contribution is 8.14. The van der Waals surface area contributed by atoms with Crippen LogP contribution in [0.5, 0.6) is 5.75 Å². The minimum atomic E-state index is -3.71. The molecule has 0 heterocycles. The standard InChI is InChI=1S/C11H15ClO3S/c1-8-5-6-10(15-4)9(7-8)11(2,3)16(12,13)14/h5-7H,1-4H3. The van der Waals surface area contributed by atoms with E-state index in [9.17, 15) is 8.42 Å². The van der Waals surface area contributed by atoms with Crippen LogP contribution in [0.1, 0.15) is 25.0 Å². The maximum Gasteiger partial charge on any atom is 0.242 e. The van der Waals surface area contributed by atoms with E-state index in [2.05, 4.69) is 0 Å². The normalized spacial score (nSPS) is 12.6. The van der Waals surface area contributed by atoms with E-state index >= 15 is 0 Å². The highest BCUT2D eigenvalue weighted by Crippen LogP contribution is 2.38. The molecule has 0 atom stereocenters. The van der Waals surface area contributed by atoms with E-state index in [1.54, 1.807) is 26.0 Å². The van der Waals surface area contributed by atoms with Gasteiger partial charge >= 0.3 is 0 Å². The van der Waals surface area contributed by atoms with Gasteiger partial charge in [0.2, 0.25) is 9.05 Å². The first-order valence-electron chi connectivity index (χ1n) is 4.79. The lowest BCUT2D eigenvalue weighted by Crippen LogP contribution is -2.25. The molecule has 1 aromatic carbocycles. The molecule has 5 heteroatoms. The Hall–Kier alpha value is -0.740. The molecule has 90 valence electrons. The molecule has 0 aliphatic rings. The Kier molecular flexibility index (Phi) is 3.55. The molecule has 0 saturated heterocycles. The van der Waals surface area contributed by atoms with Crippen LogP contribution in [0.4, 0.5) is 0 Å². The van der Waals surface area contributed by atoms with Crippen LogP contribution in [0.3, 0.4) is 0 Å². The minimum absolute atomic E-state index is 0.528. The van der Waals surface area contributed by atoms with Gasteiger partial charge in [-0.05, 0) is 26.8 Å². The van der Waals surface area contributed by atoms with Crippen molar-refractivity contribution in [1.82, 2.24) is 0 Å². The Labute approximate surface area is 101 Å². The van der Waals surface area contributed by atoms with E-state index in [-0.39, 0.29) is 0 Å². The maximum absolute atomic E-state index is 11.5. The highest BCUT2D eigenvalue weighted by Gasteiger charge is 2.37. The summed E-state index contributed by atoms with van der Waals surface area (Å²) in [4.78, 5) is 0. The van der Waals surface area contributed by atoms with Gasteiger partial charge in [-0.1, -0.05) is 17.7 Å². The van der Waals surface area contributed by atoms with Gasteiger partial charge in [0.15, 0.2) is 0 Å². The largest absolute Gasteiger partial charge is 0.496 e. The zero-order chi connectivity index (χ0) is 12.6. The third-order valence-electron chi connectivity index (χ3n) is 2.61. The lowest BCUT2D eigenvalue weighted by molar-refractivity contribution is 0.404. The Bertz CT molecular complexity index is 492. The third kappa shape index (κ3) is 2.33. The van der Waals surface area contributed by atoms with Crippen LogP contribution in [0, 0.1) is 6.92 Å². The number of hydrogen-bond acceptors (Lipinski definition) is 3. The molecular formula is C11H15ClO3S. The first-order valence-corrected chi connectivity index (χ1v) is 7.10. The molecule has 0 aliphatic carbocycles.